The molecule has 0 aromatic heterocycles. The van der Waals surface area contributed by atoms with E-state index in [9.17, 15) is 13.0 Å². The maximum absolute atomic E-state index is 12.4. The average molecular weight is 488 g/mol. The van der Waals surface area contributed by atoms with Crippen molar-refractivity contribution in [2.75, 3.05) is 0 Å². The largest absolute Gasteiger partial charge is 0.298 e. The Kier molecular flexibility index (Phi) is 6.20. The molecule has 0 radical (unpaired) electrons. The van der Waals surface area contributed by atoms with Gasteiger partial charge in [-0.25, -0.2) is 0 Å². The fraction of sp³-hybridized carbons (Fsp3) is 0. The molecule has 0 saturated heterocycles. The maximum Gasteiger partial charge on any atom is 0.298 e. The van der Waals surface area contributed by atoms with E-state index >= 15 is 0 Å². The van der Waals surface area contributed by atoms with Crippen LogP contribution in [0.25, 0.3) is 0 Å². The number of rotatable bonds is 5. The Balaban J connectivity index is 2.22. The van der Waals surface area contributed by atoms with E-state index in [1.807, 2.05) is 54.6 Å². The van der Waals surface area contributed by atoms with Gasteiger partial charge < -0.3 is 0 Å². The van der Waals surface area contributed by atoms with Crippen molar-refractivity contribution in [3.63, 3.8) is 0 Å². The van der Waals surface area contributed by atoms with Gasteiger partial charge in [0.1, 0.15) is 33.4 Å². The van der Waals surface area contributed by atoms with Crippen LogP contribution in [0.3, 0.4) is 0 Å². The molecule has 4 aromatic rings. The monoisotopic (exact) mass is 487 g/mol. The zero-order valence-electron chi connectivity index (χ0n) is 16.2. The van der Waals surface area contributed by atoms with E-state index in [1.165, 1.54) is 6.07 Å². The lowest BCUT2D eigenvalue weighted by Crippen LogP contribution is -2.40. The molecule has 0 spiro atoms. The molecule has 31 heavy (non-hydrogen) atoms. The topological polar surface area (TPSA) is 54.4 Å². The van der Waals surface area contributed by atoms with E-state index in [0.717, 1.165) is 15.9 Å². The zero-order valence-corrected chi connectivity index (χ0v) is 19.4. The fourth-order valence-electron chi connectivity index (χ4n) is 3.80. The maximum atomic E-state index is 12.4. The Hall–Kier alpha value is -2.20. The molecule has 7 heteroatoms. The Morgan fingerprint density at radius 2 is 1.00 bits per heavy atom. The second kappa shape index (κ2) is 8.74. The van der Waals surface area contributed by atoms with Crippen LogP contribution in [0.15, 0.2) is 108 Å². The SMILES string of the molecule is O=S(=O)(O)c1ccccc1[P+](c1ccccc1)(c1ccc(Cl)cc1)c1ccc(Cl)cc1. The van der Waals surface area contributed by atoms with Crippen molar-refractivity contribution in [3.05, 3.63) is 113 Å². The summed E-state index contributed by atoms with van der Waals surface area (Å²) in [5.74, 6) is 0. The third kappa shape index (κ3) is 4.15. The van der Waals surface area contributed by atoms with Crippen molar-refractivity contribution in [1.29, 1.82) is 0 Å². The van der Waals surface area contributed by atoms with Gasteiger partial charge in [-0.15, -0.1) is 0 Å². The van der Waals surface area contributed by atoms with Crippen LogP contribution in [0.4, 0.5) is 0 Å². The van der Waals surface area contributed by atoms with Gasteiger partial charge in [0.25, 0.3) is 10.1 Å². The predicted octanol–water partition coefficient (Wildman–Crippen LogP) is 4.86. The number of halogens is 2. The highest BCUT2D eigenvalue weighted by Gasteiger charge is 2.50. The van der Waals surface area contributed by atoms with E-state index in [4.69, 9.17) is 23.2 Å². The summed E-state index contributed by atoms with van der Waals surface area (Å²) in [6, 6.07) is 31.2. The highest BCUT2D eigenvalue weighted by atomic mass is 35.5. The van der Waals surface area contributed by atoms with Crippen LogP contribution in [0, 0.1) is 0 Å². The van der Waals surface area contributed by atoms with Gasteiger partial charge in [0.15, 0.2) is 0 Å². The third-order valence-corrected chi connectivity index (χ3v) is 11.0. The van der Waals surface area contributed by atoms with Gasteiger partial charge in [-0.1, -0.05) is 53.5 Å². The summed E-state index contributed by atoms with van der Waals surface area (Å²) in [4.78, 5) is -0.114. The van der Waals surface area contributed by atoms with Crippen molar-refractivity contribution in [2.45, 2.75) is 4.90 Å². The molecule has 3 nitrogen and oxygen atoms in total. The zero-order chi connectivity index (χ0) is 22.1. The van der Waals surface area contributed by atoms with Crippen LogP contribution in [-0.2, 0) is 10.1 Å². The first-order valence-electron chi connectivity index (χ1n) is 9.37. The molecule has 156 valence electrons. The molecule has 0 fully saturated rings. The van der Waals surface area contributed by atoms with Crippen LogP contribution in [0.1, 0.15) is 0 Å². The van der Waals surface area contributed by atoms with Gasteiger partial charge >= 0.3 is 0 Å². The van der Waals surface area contributed by atoms with E-state index < -0.39 is 17.4 Å². The summed E-state index contributed by atoms with van der Waals surface area (Å²) in [6.45, 7) is 0. The Morgan fingerprint density at radius 1 is 0.581 bits per heavy atom. The summed E-state index contributed by atoms with van der Waals surface area (Å²) < 4.78 is 35.0. The Labute approximate surface area is 192 Å². The highest BCUT2D eigenvalue weighted by Crippen LogP contribution is 2.55. The third-order valence-electron chi connectivity index (χ3n) is 5.08. The lowest BCUT2D eigenvalue weighted by molar-refractivity contribution is 0.484. The number of benzene rings is 4. The van der Waals surface area contributed by atoms with Crippen molar-refractivity contribution in [1.82, 2.24) is 0 Å². The van der Waals surface area contributed by atoms with Gasteiger partial charge in [0.05, 0.1) is 0 Å². The minimum Gasteiger partial charge on any atom is -0.282 e. The molecule has 0 aliphatic rings. The summed E-state index contributed by atoms with van der Waals surface area (Å²) in [5.41, 5.74) is 0. The molecule has 4 rings (SSSR count). The van der Waals surface area contributed by atoms with Gasteiger partial charge in [-0.05, 0) is 72.8 Å². The van der Waals surface area contributed by atoms with Crippen LogP contribution in [0.5, 0.6) is 0 Å². The normalized spacial score (nSPS) is 12.0. The Bertz CT molecular complexity index is 1260. The van der Waals surface area contributed by atoms with Gasteiger partial charge in [-0.3, -0.25) is 4.55 Å². The first-order chi connectivity index (χ1) is 14.8. The standard InChI is InChI=1S/C24H17Cl2O3PS/c25-18-10-14-21(15-11-18)30(20-6-2-1-3-7-20,22-16-12-19(26)13-17-22)23-8-4-5-9-24(23)31(27,28)29/h1-17H/p+1. The van der Waals surface area contributed by atoms with E-state index in [2.05, 4.69) is 0 Å². The van der Waals surface area contributed by atoms with Crippen molar-refractivity contribution in [2.24, 2.45) is 0 Å². The molecule has 0 atom stereocenters. The van der Waals surface area contributed by atoms with E-state index in [0.29, 0.717) is 15.3 Å². The molecule has 0 aliphatic heterocycles. The van der Waals surface area contributed by atoms with Crippen molar-refractivity contribution >= 4 is 61.8 Å². The van der Waals surface area contributed by atoms with Crippen LogP contribution >= 0.6 is 30.5 Å². The van der Waals surface area contributed by atoms with E-state index in [-0.39, 0.29) is 4.90 Å². The smallest absolute Gasteiger partial charge is 0.282 e. The van der Waals surface area contributed by atoms with Crippen LogP contribution < -0.4 is 21.2 Å². The van der Waals surface area contributed by atoms with Crippen molar-refractivity contribution < 1.29 is 13.0 Å². The van der Waals surface area contributed by atoms with Gasteiger partial charge in [0.2, 0.25) is 0 Å². The molecule has 0 unspecified atom stereocenters. The van der Waals surface area contributed by atoms with Crippen molar-refractivity contribution in [3.8, 4) is 0 Å². The summed E-state index contributed by atoms with van der Waals surface area (Å²) >= 11 is 12.4. The molecule has 0 bridgehead atoms. The molecule has 4 aromatic carbocycles. The molecule has 0 aliphatic carbocycles. The highest BCUT2D eigenvalue weighted by molar-refractivity contribution is 8.02. The number of hydrogen-bond acceptors (Lipinski definition) is 2. The quantitative estimate of drug-likeness (QED) is 0.323. The van der Waals surface area contributed by atoms with E-state index in [1.54, 1.807) is 42.5 Å². The predicted molar refractivity (Wildman–Crippen MR) is 131 cm³/mol. The van der Waals surface area contributed by atoms with Crippen LogP contribution in [-0.4, -0.2) is 13.0 Å². The summed E-state index contributed by atoms with van der Waals surface area (Å²) in [5, 5.41) is 4.44. The first-order valence-corrected chi connectivity index (χ1v) is 13.4. The van der Waals surface area contributed by atoms with Gasteiger partial charge in [-0.2, -0.15) is 8.42 Å². The van der Waals surface area contributed by atoms with Crippen LogP contribution in [0.2, 0.25) is 10.0 Å². The fourth-order valence-corrected chi connectivity index (χ4v) is 9.65. The minimum atomic E-state index is -4.48. The van der Waals surface area contributed by atoms with Gasteiger partial charge in [0, 0.05) is 10.0 Å². The molecule has 0 amide bonds. The molecular weight excluding hydrogens is 470 g/mol. The molecule has 0 saturated carbocycles. The second-order valence-electron chi connectivity index (χ2n) is 6.90. The lowest BCUT2D eigenvalue weighted by atomic mass is 10.3. The minimum absolute atomic E-state index is 0.114. The summed E-state index contributed by atoms with van der Waals surface area (Å²) in [7, 11) is -7.22. The average Bonchev–Trinajstić information content (AvgIpc) is 2.77. The second-order valence-corrected chi connectivity index (χ2v) is 12.5. The molecule has 1 N–H and O–H groups in total. The summed E-state index contributed by atoms with van der Waals surface area (Å²) in [6.07, 6.45) is 0. The first kappa shape index (κ1) is 22.0. The number of hydrogen-bond donors (Lipinski definition) is 1. The lowest BCUT2D eigenvalue weighted by Gasteiger charge is -2.28. The molecular formula is C24H18Cl2O3PS+. The molecule has 0 heterocycles. The Morgan fingerprint density at radius 3 is 1.48 bits per heavy atom.